The maximum absolute atomic E-state index is 12.9. The summed E-state index contributed by atoms with van der Waals surface area (Å²) < 4.78 is 55.9. The average Bonchev–Trinajstić information content (AvgIpc) is 2.95. The first-order chi connectivity index (χ1) is 14.8. The predicted octanol–water partition coefficient (Wildman–Crippen LogP) is 4.69. The smallest absolute Gasteiger partial charge is 0.494 e. The molecular formula is C22H28BF3N2O4. The Morgan fingerprint density at radius 2 is 1.66 bits per heavy atom. The van der Waals surface area contributed by atoms with E-state index in [1.54, 1.807) is 12.1 Å². The zero-order valence-electron chi connectivity index (χ0n) is 19.3. The summed E-state index contributed by atoms with van der Waals surface area (Å²) in [6.45, 7) is 11.7. The van der Waals surface area contributed by atoms with E-state index < -0.39 is 36.0 Å². The van der Waals surface area contributed by atoms with Crippen LogP contribution in [0.5, 0.6) is 5.75 Å². The third-order valence-electron chi connectivity index (χ3n) is 5.32. The quantitative estimate of drug-likeness (QED) is 0.682. The lowest BCUT2D eigenvalue weighted by Gasteiger charge is -2.32. The highest BCUT2D eigenvalue weighted by Crippen LogP contribution is 2.37. The van der Waals surface area contributed by atoms with Crippen LogP contribution < -0.4 is 15.5 Å². The van der Waals surface area contributed by atoms with E-state index in [9.17, 15) is 18.0 Å². The Balaban J connectivity index is 0.00000176. The van der Waals surface area contributed by atoms with Crippen molar-refractivity contribution in [2.75, 3.05) is 12.4 Å². The number of methoxy groups -OCH3 is 1. The van der Waals surface area contributed by atoms with E-state index in [4.69, 9.17) is 14.0 Å². The average molecular weight is 452 g/mol. The van der Waals surface area contributed by atoms with Crippen molar-refractivity contribution in [1.82, 2.24) is 4.98 Å². The van der Waals surface area contributed by atoms with Crippen LogP contribution in [0.25, 0.3) is 0 Å². The molecule has 0 bridgehead atoms. The van der Waals surface area contributed by atoms with Gasteiger partial charge in [-0.2, -0.15) is 13.2 Å². The number of carbonyl (C=O) groups is 1. The number of ether oxygens (including phenoxy) is 1. The number of carbonyl (C=O) groups excluding carboxylic acids is 1. The Hall–Kier alpha value is -2.59. The fraction of sp³-hybridized carbons (Fsp3) is 0.455. The number of benzene rings is 1. The molecule has 1 aliphatic rings. The lowest BCUT2D eigenvalue weighted by molar-refractivity contribution is -0.137. The highest BCUT2D eigenvalue weighted by Gasteiger charge is 2.51. The first-order valence-electron chi connectivity index (χ1n) is 10.2. The molecule has 1 saturated heterocycles. The number of hydrogen-bond donors (Lipinski definition) is 1. The van der Waals surface area contributed by atoms with Gasteiger partial charge >= 0.3 is 13.3 Å². The van der Waals surface area contributed by atoms with Gasteiger partial charge in [-0.25, -0.2) is 4.98 Å². The lowest BCUT2D eigenvalue weighted by Crippen LogP contribution is -2.41. The van der Waals surface area contributed by atoms with Crippen molar-refractivity contribution in [3.8, 4) is 5.75 Å². The number of nitrogens with zero attached hydrogens (tertiary/aromatic N) is 1. The van der Waals surface area contributed by atoms with E-state index in [0.717, 1.165) is 18.3 Å². The van der Waals surface area contributed by atoms with Gasteiger partial charge in [-0.15, -0.1) is 0 Å². The third-order valence-corrected chi connectivity index (χ3v) is 5.32. The summed E-state index contributed by atoms with van der Waals surface area (Å²) in [6.07, 6.45) is -3.55. The normalized spacial score (nSPS) is 16.8. The number of hydrogen-bond acceptors (Lipinski definition) is 5. The van der Waals surface area contributed by atoms with Crippen LogP contribution in [0.1, 0.15) is 57.5 Å². The van der Waals surface area contributed by atoms with Crippen molar-refractivity contribution in [1.29, 1.82) is 0 Å². The molecule has 0 radical (unpaired) electrons. The second-order valence-corrected chi connectivity index (χ2v) is 7.93. The van der Waals surface area contributed by atoms with Crippen LogP contribution >= 0.6 is 0 Å². The van der Waals surface area contributed by atoms with Crippen LogP contribution in [-0.4, -0.2) is 36.3 Å². The minimum absolute atomic E-state index is 0.136. The summed E-state index contributed by atoms with van der Waals surface area (Å²) in [5.41, 5.74) is -1.18. The third kappa shape index (κ3) is 5.42. The van der Waals surface area contributed by atoms with Crippen molar-refractivity contribution >= 4 is 24.3 Å². The second-order valence-electron chi connectivity index (χ2n) is 7.93. The monoisotopic (exact) mass is 452 g/mol. The first-order valence-corrected chi connectivity index (χ1v) is 10.2. The molecule has 2 aromatic rings. The van der Waals surface area contributed by atoms with E-state index in [-0.39, 0.29) is 17.1 Å². The van der Waals surface area contributed by atoms with Gasteiger partial charge in [0.25, 0.3) is 5.91 Å². The molecule has 1 aliphatic heterocycles. The maximum Gasteiger partial charge on any atom is 0.494 e. The van der Waals surface area contributed by atoms with Crippen molar-refractivity contribution in [3.05, 3.63) is 47.7 Å². The minimum atomic E-state index is -4.54. The molecule has 1 aromatic heterocycles. The van der Waals surface area contributed by atoms with Crippen molar-refractivity contribution in [2.24, 2.45) is 0 Å². The Labute approximate surface area is 186 Å². The zero-order chi connectivity index (χ0) is 24.3. The summed E-state index contributed by atoms with van der Waals surface area (Å²) in [4.78, 5) is 16.4. The molecule has 0 spiro atoms. The molecule has 1 fully saturated rings. The van der Waals surface area contributed by atoms with Crippen molar-refractivity contribution in [3.63, 3.8) is 0 Å². The maximum atomic E-state index is 12.9. The molecule has 32 heavy (non-hydrogen) atoms. The highest BCUT2D eigenvalue weighted by molar-refractivity contribution is 6.62. The molecular weight excluding hydrogens is 424 g/mol. The Morgan fingerprint density at radius 3 is 2.19 bits per heavy atom. The van der Waals surface area contributed by atoms with E-state index in [1.807, 2.05) is 41.5 Å². The standard InChI is InChI=1S/C20H22BF3N2O4.C2H6/c1-18(2)19(3,4)30-21(29-18)13-6-7-14(15(11-13)28-5)17(27)26-16-10-12(8-9-25-16)20(22,23)24;1-2/h6-11H,1-5H3,(H,25,26,27);1-2H3. The highest BCUT2D eigenvalue weighted by atomic mass is 19.4. The Morgan fingerprint density at radius 1 is 1.06 bits per heavy atom. The molecule has 0 saturated carbocycles. The van der Waals surface area contributed by atoms with Gasteiger partial charge in [-0.3, -0.25) is 4.79 Å². The number of alkyl halides is 3. The van der Waals surface area contributed by atoms with Crippen LogP contribution in [0, 0.1) is 0 Å². The van der Waals surface area contributed by atoms with Gasteiger partial charge < -0.3 is 19.4 Å². The predicted molar refractivity (Wildman–Crippen MR) is 117 cm³/mol. The Bertz CT molecular complexity index is 948. The van der Waals surface area contributed by atoms with Gasteiger partial charge in [0.05, 0.1) is 29.4 Å². The summed E-state index contributed by atoms with van der Waals surface area (Å²) in [6, 6.07) is 6.36. The molecule has 1 aromatic carbocycles. The number of rotatable bonds is 4. The molecule has 10 heteroatoms. The Kier molecular flexibility index (Phi) is 7.62. The molecule has 0 atom stereocenters. The van der Waals surface area contributed by atoms with E-state index in [1.165, 1.54) is 13.2 Å². The lowest BCUT2D eigenvalue weighted by atomic mass is 9.78. The van der Waals surface area contributed by atoms with Gasteiger partial charge in [0.1, 0.15) is 11.6 Å². The number of anilines is 1. The molecule has 3 rings (SSSR count). The molecule has 6 nitrogen and oxygen atoms in total. The topological polar surface area (TPSA) is 69.7 Å². The number of nitrogens with one attached hydrogen (secondary N) is 1. The van der Waals surface area contributed by atoms with Gasteiger partial charge in [0.2, 0.25) is 0 Å². The zero-order valence-corrected chi connectivity index (χ0v) is 19.3. The van der Waals surface area contributed by atoms with E-state index >= 15 is 0 Å². The number of amides is 1. The van der Waals surface area contributed by atoms with E-state index in [0.29, 0.717) is 5.46 Å². The van der Waals surface area contributed by atoms with Gasteiger partial charge in [0.15, 0.2) is 0 Å². The van der Waals surface area contributed by atoms with Crippen LogP contribution in [-0.2, 0) is 15.5 Å². The fourth-order valence-corrected chi connectivity index (χ4v) is 2.88. The molecule has 0 aliphatic carbocycles. The SMILES string of the molecule is CC.COc1cc(B2OC(C)(C)C(C)(C)O2)ccc1C(=O)Nc1cc(C(F)(F)F)ccn1. The molecule has 2 heterocycles. The van der Waals surface area contributed by atoms with Crippen molar-refractivity contribution < 1.29 is 32.0 Å². The van der Waals surface area contributed by atoms with Crippen LogP contribution in [0.15, 0.2) is 36.5 Å². The second kappa shape index (κ2) is 9.50. The number of aromatic nitrogens is 1. The molecule has 174 valence electrons. The van der Waals surface area contributed by atoms with Crippen molar-refractivity contribution in [2.45, 2.75) is 58.9 Å². The summed E-state index contributed by atoms with van der Waals surface area (Å²) in [5, 5.41) is 2.37. The summed E-state index contributed by atoms with van der Waals surface area (Å²) in [7, 11) is 0.744. The van der Waals surface area contributed by atoms with E-state index in [2.05, 4.69) is 10.3 Å². The van der Waals surface area contributed by atoms with Gasteiger partial charge in [-0.1, -0.05) is 19.9 Å². The summed E-state index contributed by atoms with van der Waals surface area (Å²) >= 11 is 0. The minimum Gasteiger partial charge on any atom is -0.496 e. The molecule has 1 N–H and O–H groups in total. The fourth-order valence-electron chi connectivity index (χ4n) is 2.88. The van der Waals surface area contributed by atoms with Crippen LogP contribution in [0.4, 0.5) is 19.0 Å². The van der Waals surface area contributed by atoms with Gasteiger partial charge in [0, 0.05) is 6.20 Å². The molecule has 0 unspecified atom stereocenters. The van der Waals surface area contributed by atoms with Gasteiger partial charge in [-0.05, 0) is 57.4 Å². The largest absolute Gasteiger partial charge is 0.496 e. The number of halogens is 3. The number of pyridine rings is 1. The van der Waals surface area contributed by atoms with Crippen LogP contribution in [0.3, 0.4) is 0 Å². The van der Waals surface area contributed by atoms with Crippen LogP contribution in [0.2, 0.25) is 0 Å². The molecule has 1 amide bonds. The first kappa shape index (κ1) is 25.7. The summed E-state index contributed by atoms with van der Waals surface area (Å²) in [5.74, 6) is -0.641.